The molecule has 0 heterocycles. The highest BCUT2D eigenvalue weighted by Crippen LogP contribution is 2.17. The molecule has 0 fully saturated rings. The highest BCUT2D eigenvalue weighted by atomic mass is 32.2. The molecule has 1 amide bonds. The topological polar surface area (TPSA) is 127 Å². The van der Waals surface area contributed by atoms with Crippen LogP contribution in [0.15, 0.2) is 53.4 Å². The van der Waals surface area contributed by atoms with Crippen LogP contribution in [0.2, 0.25) is 0 Å². The molecule has 0 aliphatic heterocycles. The Morgan fingerprint density at radius 3 is 2.32 bits per heavy atom. The van der Waals surface area contributed by atoms with Gasteiger partial charge in [-0.2, -0.15) is 8.42 Å². The second kappa shape index (κ2) is 5.92. The largest absolute Gasteiger partial charge is 0.322 e. The highest BCUT2D eigenvalue weighted by molar-refractivity contribution is 7.85. The zero-order valence-corrected chi connectivity index (χ0v) is 11.8. The SMILES string of the molecule is O=C(Nc1cccc(S(=O)(=O)O)c1)c1ccc([N+](=O)[O-])cc1. The van der Waals surface area contributed by atoms with Gasteiger partial charge in [0.1, 0.15) is 0 Å². The molecule has 2 aromatic carbocycles. The third kappa shape index (κ3) is 3.65. The molecule has 0 radical (unpaired) electrons. The van der Waals surface area contributed by atoms with Gasteiger partial charge in [-0.25, -0.2) is 0 Å². The van der Waals surface area contributed by atoms with Gasteiger partial charge in [-0.1, -0.05) is 6.07 Å². The van der Waals surface area contributed by atoms with Gasteiger partial charge in [0.2, 0.25) is 0 Å². The summed E-state index contributed by atoms with van der Waals surface area (Å²) < 4.78 is 31.0. The van der Waals surface area contributed by atoms with Crippen molar-refractivity contribution in [2.45, 2.75) is 4.90 Å². The van der Waals surface area contributed by atoms with Gasteiger partial charge in [-0.15, -0.1) is 0 Å². The molecular weight excluding hydrogens is 312 g/mol. The van der Waals surface area contributed by atoms with E-state index in [4.69, 9.17) is 4.55 Å². The van der Waals surface area contributed by atoms with E-state index in [9.17, 15) is 23.3 Å². The maximum atomic E-state index is 12.0. The molecule has 0 unspecified atom stereocenters. The van der Waals surface area contributed by atoms with E-state index in [1.165, 1.54) is 42.5 Å². The van der Waals surface area contributed by atoms with Gasteiger partial charge in [0.05, 0.1) is 9.82 Å². The first-order chi connectivity index (χ1) is 10.3. The lowest BCUT2D eigenvalue weighted by molar-refractivity contribution is -0.384. The van der Waals surface area contributed by atoms with E-state index in [1.807, 2.05) is 0 Å². The zero-order chi connectivity index (χ0) is 16.3. The maximum Gasteiger partial charge on any atom is 0.294 e. The third-order valence-corrected chi connectivity index (χ3v) is 3.58. The average molecular weight is 322 g/mol. The quantitative estimate of drug-likeness (QED) is 0.504. The summed E-state index contributed by atoms with van der Waals surface area (Å²) in [6, 6.07) is 10.00. The van der Waals surface area contributed by atoms with Gasteiger partial charge in [0, 0.05) is 23.4 Å². The number of benzene rings is 2. The molecule has 2 aromatic rings. The summed E-state index contributed by atoms with van der Waals surface area (Å²) in [5.41, 5.74) is 0.186. The molecule has 114 valence electrons. The first-order valence-electron chi connectivity index (χ1n) is 5.91. The van der Waals surface area contributed by atoms with Crippen LogP contribution in [0.4, 0.5) is 11.4 Å². The Morgan fingerprint density at radius 1 is 1.14 bits per heavy atom. The van der Waals surface area contributed by atoms with Gasteiger partial charge in [-0.3, -0.25) is 19.5 Å². The standard InChI is InChI=1S/C13H10N2O6S/c16-13(9-4-6-11(7-5-9)15(17)18)14-10-2-1-3-12(8-10)22(19,20)21/h1-8H,(H,14,16)(H,19,20,21). The van der Waals surface area contributed by atoms with E-state index in [0.717, 1.165) is 6.07 Å². The first kappa shape index (κ1) is 15.6. The van der Waals surface area contributed by atoms with Crippen molar-refractivity contribution in [3.63, 3.8) is 0 Å². The van der Waals surface area contributed by atoms with Crippen LogP contribution >= 0.6 is 0 Å². The van der Waals surface area contributed by atoms with Crippen molar-refractivity contribution in [1.82, 2.24) is 0 Å². The van der Waals surface area contributed by atoms with E-state index < -0.39 is 20.9 Å². The average Bonchev–Trinajstić information content (AvgIpc) is 2.46. The van der Waals surface area contributed by atoms with E-state index in [1.54, 1.807) is 0 Å². The van der Waals surface area contributed by atoms with Crippen LogP contribution in [-0.2, 0) is 10.1 Å². The van der Waals surface area contributed by atoms with Crippen molar-refractivity contribution in [2.75, 3.05) is 5.32 Å². The van der Waals surface area contributed by atoms with Crippen LogP contribution in [0.1, 0.15) is 10.4 Å². The maximum absolute atomic E-state index is 12.0. The zero-order valence-electron chi connectivity index (χ0n) is 11.0. The van der Waals surface area contributed by atoms with Crippen LogP contribution in [0, 0.1) is 10.1 Å². The lowest BCUT2D eigenvalue weighted by Crippen LogP contribution is -2.12. The molecule has 0 bridgehead atoms. The number of nitro benzene ring substituents is 1. The second-order valence-electron chi connectivity index (χ2n) is 4.26. The van der Waals surface area contributed by atoms with E-state index in [0.29, 0.717) is 0 Å². The molecule has 0 aromatic heterocycles. The number of hydrogen-bond acceptors (Lipinski definition) is 5. The molecule has 22 heavy (non-hydrogen) atoms. The summed E-state index contributed by atoms with van der Waals surface area (Å²) in [5.74, 6) is -0.567. The van der Waals surface area contributed by atoms with Gasteiger partial charge >= 0.3 is 0 Å². The number of carbonyl (C=O) groups excluding carboxylic acids is 1. The highest BCUT2D eigenvalue weighted by Gasteiger charge is 2.12. The number of hydrogen-bond donors (Lipinski definition) is 2. The van der Waals surface area contributed by atoms with Crippen LogP contribution in [-0.4, -0.2) is 23.8 Å². The van der Waals surface area contributed by atoms with Crippen molar-refractivity contribution in [3.05, 3.63) is 64.2 Å². The summed E-state index contributed by atoms with van der Waals surface area (Å²) in [6.45, 7) is 0. The minimum Gasteiger partial charge on any atom is -0.322 e. The smallest absolute Gasteiger partial charge is 0.294 e. The Kier molecular flexibility index (Phi) is 4.20. The lowest BCUT2D eigenvalue weighted by atomic mass is 10.2. The molecule has 2 N–H and O–H groups in total. The monoisotopic (exact) mass is 322 g/mol. The summed E-state index contributed by atoms with van der Waals surface area (Å²) in [7, 11) is -4.37. The molecule has 0 saturated heterocycles. The minimum atomic E-state index is -4.37. The Bertz CT molecular complexity index is 830. The third-order valence-electron chi connectivity index (χ3n) is 2.73. The Balaban J connectivity index is 2.20. The van der Waals surface area contributed by atoms with Gasteiger partial charge < -0.3 is 5.32 Å². The molecular formula is C13H10N2O6S. The number of rotatable bonds is 4. The normalized spacial score (nSPS) is 11.0. The van der Waals surface area contributed by atoms with Crippen LogP contribution < -0.4 is 5.32 Å². The van der Waals surface area contributed by atoms with Crippen LogP contribution in [0.3, 0.4) is 0 Å². The van der Waals surface area contributed by atoms with Gasteiger partial charge in [0.25, 0.3) is 21.7 Å². The van der Waals surface area contributed by atoms with Gasteiger partial charge in [0.15, 0.2) is 0 Å². The number of nitro groups is 1. The number of nitrogens with one attached hydrogen (secondary N) is 1. The Hall–Kier alpha value is -2.78. The molecule has 0 spiro atoms. The summed E-state index contributed by atoms with van der Waals surface area (Å²) in [5, 5.41) is 13.0. The van der Waals surface area contributed by atoms with Crippen molar-refractivity contribution < 1.29 is 22.7 Å². The molecule has 0 atom stereocenters. The number of nitrogens with zero attached hydrogens (tertiary/aromatic N) is 1. The summed E-state index contributed by atoms with van der Waals surface area (Å²) >= 11 is 0. The first-order valence-corrected chi connectivity index (χ1v) is 7.35. The van der Waals surface area contributed by atoms with Gasteiger partial charge in [-0.05, 0) is 30.3 Å². The second-order valence-corrected chi connectivity index (χ2v) is 5.68. The molecule has 0 aliphatic rings. The minimum absolute atomic E-state index is 0.148. The summed E-state index contributed by atoms with van der Waals surface area (Å²) in [6.07, 6.45) is 0. The molecule has 0 aliphatic carbocycles. The molecule has 0 saturated carbocycles. The van der Waals surface area contributed by atoms with Crippen molar-refractivity contribution >= 4 is 27.4 Å². The van der Waals surface area contributed by atoms with Crippen molar-refractivity contribution in [1.29, 1.82) is 0 Å². The van der Waals surface area contributed by atoms with Crippen LogP contribution in [0.25, 0.3) is 0 Å². The Labute approximate surface area is 125 Å². The van der Waals surface area contributed by atoms with Crippen molar-refractivity contribution in [2.24, 2.45) is 0 Å². The molecule has 2 rings (SSSR count). The Morgan fingerprint density at radius 2 is 1.77 bits per heavy atom. The fraction of sp³-hybridized carbons (Fsp3) is 0. The van der Waals surface area contributed by atoms with Crippen LogP contribution in [0.5, 0.6) is 0 Å². The summed E-state index contributed by atoms with van der Waals surface area (Å²) in [4.78, 5) is 21.6. The van der Waals surface area contributed by atoms with E-state index in [-0.39, 0.29) is 21.8 Å². The van der Waals surface area contributed by atoms with E-state index in [2.05, 4.69) is 5.32 Å². The number of non-ortho nitro benzene ring substituents is 1. The fourth-order valence-corrected chi connectivity index (χ4v) is 2.20. The number of carbonyl (C=O) groups is 1. The molecule has 9 heteroatoms. The predicted octanol–water partition coefficient (Wildman–Crippen LogP) is 2.09. The predicted molar refractivity (Wildman–Crippen MR) is 77.3 cm³/mol. The number of anilines is 1. The number of amides is 1. The molecule has 8 nitrogen and oxygen atoms in total. The van der Waals surface area contributed by atoms with E-state index >= 15 is 0 Å². The van der Waals surface area contributed by atoms with Crippen molar-refractivity contribution in [3.8, 4) is 0 Å². The fourth-order valence-electron chi connectivity index (χ4n) is 1.67. The lowest BCUT2D eigenvalue weighted by Gasteiger charge is -2.06.